The zero-order valence-electron chi connectivity index (χ0n) is 13.9. The van der Waals surface area contributed by atoms with Gasteiger partial charge in [-0.2, -0.15) is 0 Å². The lowest BCUT2D eigenvalue weighted by atomic mass is 9.99. The highest BCUT2D eigenvalue weighted by molar-refractivity contribution is 5.87. The Balaban J connectivity index is 0.000000714. The summed E-state index contributed by atoms with van der Waals surface area (Å²) >= 11 is 0. The Morgan fingerprint density at radius 1 is 1.23 bits per heavy atom. The SMILES string of the molecule is C1CC1.CC(Cc1cccc(C(=O)O)c1)C(=O)OC(C)(C)C. The van der Waals surface area contributed by atoms with E-state index in [1.165, 1.54) is 25.3 Å². The van der Waals surface area contributed by atoms with Gasteiger partial charge in [0.15, 0.2) is 0 Å². The van der Waals surface area contributed by atoms with Crippen molar-refractivity contribution in [2.75, 3.05) is 0 Å². The molecule has 0 spiro atoms. The van der Waals surface area contributed by atoms with Crippen molar-refractivity contribution in [2.24, 2.45) is 5.92 Å². The summed E-state index contributed by atoms with van der Waals surface area (Å²) in [5.74, 6) is -1.54. The lowest BCUT2D eigenvalue weighted by molar-refractivity contribution is -0.159. The van der Waals surface area contributed by atoms with Crippen molar-refractivity contribution < 1.29 is 19.4 Å². The molecule has 1 aromatic rings. The summed E-state index contributed by atoms with van der Waals surface area (Å²) in [5, 5.41) is 8.91. The molecule has 2 rings (SSSR count). The van der Waals surface area contributed by atoms with Crippen LogP contribution in [0, 0.1) is 5.92 Å². The first-order valence-corrected chi connectivity index (χ1v) is 7.74. The fourth-order valence-corrected chi connectivity index (χ4v) is 1.67. The zero-order chi connectivity index (χ0) is 16.8. The van der Waals surface area contributed by atoms with Gasteiger partial charge < -0.3 is 9.84 Å². The normalized spacial score (nSPS) is 14.4. The molecule has 1 atom stereocenters. The van der Waals surface area contributed by atoms with E-state index in [1.54, 1.807) is 19.1 Å². The fourth-order valence-electron chi connectivity index (χ4n) is 1.67. The van der Waals surface area contributed by atoms with Gasteiger partial charge in [0, 0.05) is 0 Å². The third kappa shape index (κ3) is 7.81. The maximum atomic E-state index is 11.8. The molecule has 1 aliphatic carbocycles. The number of carboxylic acids is 1. The van der Waals surface area contributed by atoms with Gasteiger partial charge in [-0.05, 0) is 44.9 Å². The summed E-state index contributed by atoms with van der Waals surface area (Å²) < 4.78 is 5.29. The van der Waals surface area contributed by atoms with Crippen molar-refractivity contribution in [1.82, 2.24) is 0 Å². The Morgan fingerprint density at radius 3 is 2.27 bits per heavy atom. The molecule has 1 fully saturated rings. The van der Waals surface area contributed by atoms with Crippen LogP contribution in [0.5, 0.6) is 0 Å². The van der Waals surface area contributed by atoms with Gasteiger partial charge in [-0.3, -0.25) is 4.79 Å². The number of rotatable bonds is 4. The van der Waals surface area contributed by atoms with Gasteiger partial charge in [-0.15, -0.1) is 0 Å². The molecule has 22 heavy (non-hydrogen) atoms. The molecule has 4 nitrogen and oxygen atoms in total. The van der Waals surface area contributed by atoms with E-state index in [1.807, 2.05) is 26.8 Å². The molecule has 1 N–H and O–H groups in total. The number of hydrogen-bond acceptors (Lipinski definition) is 3. The van der Waals surface area contributed by atoms with Crippen LogP contribution in [0.2, 0.25) is 0 Å². The van der Waals surface area contributed by atoms with Crippen LogP contribution in [0.15, 0.2) is 24.3 Å². The molecule has 0 aliphatic heterocycles. The molecule has 0 radical (unpaired) electrons. The van der Waals surface area contributed by atoms with Crippen molar-refractivity contribution in [2.45, 2.75) is 59.0 Å². The topological polar surface area (TPSA) is 63.6 Å². The maximum Gasteiger partial charge on any atom is 0.335 e. The Bertz CT molecular complexity index is 509. The number of carbonyl (C=O) groups excluding carboxylic acids is 1. The maximum absolute atomic E-state index is 11.8. The third-order valence-electron chi connectivity index (χ3n) is 2.88. The van der Waals surface area contributed by atoms with Crippen molar-refractivity contribution in [3.05, 3.63) is 35.4 Å². The molecular formula is C18H26O4. The quantitative estimate of drug-likeness (QED) is 0.851. The van der Waals surface area contributed by atoms with Crippen molar-refractivity contribution in [3.8, 4) is 0 Å². The highest BCUT2D eigenvalue weighted by Gasteiger charge is 2.22. The second-order valence-corrected chi connectivity index (χ2v) is 6.70. The molecule has 0 heterocycles. The van der Waals surface area contributed by atoms with Gasteiger partial charge >= 0.3 is 11.9 Å². The second kappa shape index (κ2) is 7.97. The molecule has 1 saturated carbocycles. The third-order valence-corrected chi connectivity index (χ3v) is 2.88. The largest absolute Gasteiger partial charge is 0.478 e. The van der Waals surface area contributed by atoms with Gasteiger partial charge in [-0.1, -0.05) is 38.3 Å². The van der Waals surface area contributed by atoms with Gasteiger partial charge in [0.1, 0.15) is 5.60 Å². The van der Waals surface area contributed by atoms with Crippen LogP contribution in [0.25, 0.3) is 0 Å². The van der Waals surface area contributed by atoms with Crippen LogP contribution in [-0.4, -0.2) is 22.6 Å². The number of esters is 1. The van der Waals surface area contributed by atoms with Crippen LogP contribution in [0.1, 0.15) is 62.9 Å². The fraction of sp³-hybridized carbons (Fsp3) is 0.556. The summed E-state index contributed by atoms with van der Waals surface area (Å²) in [6, 6.07) is 6.61. The molecule has 1 aromatic carbocycles. The van der Waals surface area contributed by atoms with Gasteiger partial charge in [-0.25, -0.2) is 4.79 Å². The van der Waals surface area contributed by atoms with Crippen LogP contribution in [-0.2, 0) is 16.0 Å². The number of ether oxygens (including phenoxy) is 1. The Morgan fingerprint density at radius 2 is 1.82 bits per heavy atom. The van der Waals surface area contributed by atoms with Crippen LogP contribution in [0.4, 0.5) is 0 Å². The summed E-state index contributed by atoms with van der Waals surface area (Å²) in [5.41, 5.74) is 0.543. The molecular weight excluding hydrogens is 280 g/mol. The first-order valence-electron chi connectivity index (χ1n) is 7.74. The monoisotopic (exact) mass is 306 g/mol. The molecule has 0 amide bonds. The number of hydrogen-bond donors (Lipinski definition) is 1. The number of carbonyl (C=O) groups is 2. The van der Waals surface area contributed by atoms with Gasteiger partial charge in [0.2, 0.25) is 0 Å². The number of carboxylic acid groups (broad SMARTS) is 1. The number of aromatic carboxylic acids is 1. The van der Waals surface area contributed by atoms with E-state index in [0.29, 0.717) is 6.42 Å². The summed E-state index contributed by atoms with van der Waals surface area (Å²) in [6.07, 6.45) is 4.97. The first kappa shape index (κ1) is 18.2. The van der Waals surface area contributed by atoms with E-state index < -0.39 is 11.6 Å². The lowest BCUT2D eigenvalue weighted by Crippen LogP contribution is -2.28. The molecule has 1 unspecified atom stereocenters. The molecule has 0 saturated heterocycles. The predicted octanol–water partition coefficient (Wildman–Crippen LogP) is 4.08. The number of benzene rings is 1. The second-order valence-electron chi connectivity index (χ2n) is 6.70. The molecule has 0 aromatic heterocycles. The average molecular weight is 306 g/mol. The Hall–Kier alpha value is -1.84. The summed E-state index contributed by atoms with van der Waals surface area (Å²) in [6.45, 7) is 7.25. The highest BCUT2D eigenvalue weighted by atomic mass is 16.6. The minimum absolute atomic E-state index is 0.230. The van der Waals surface area contributed by atoms with Crippen molar-refractivity contribution >= 4 is 11.9 Å². The van der Waals surface area contributed by atoms with E-state index in [0.717, 1.165) is 5.56 Å². The van der Waals surface area contributed by atoms with E-state index in [2.05, 4.69) is 0 Å². The van der Waals surface area contributed by atoms with E-state index >= 15 is 0 Å². The Labute approximate surface area is 132 Å². The van der Waals surface area contributed by atoms with E-state index in [9.17, 15) is 9.59 Å². The summed E-state index contributed by atoms with van der Waals surface area (Å²) in [4.78, 5) is 22.7. The molecule has 122 valence electrons. The first-order chi connectivity index (χ1) is 10.2. The smallest absolute Gasteiger partial charge is 0.335 e. The van der Waals surface area contributed by atoms with Crippen LogP contribution in [0.3, 0.4) is 0 Å². The van der Waals surface area contributed by atoms with E-state index in [4.69, 9.17) is 9.84 Å². The van der Waals surface area contributed by atoms with Crippen LogP contribution < -0.4 is 0 Å². The van der Waals surface area contributed by atoms with Crippen molar-refractivity contribution in [1.29, 1.82) is 0 Å². The van der Waals surface area contributed by atoms with Crippen LogP contribution >= 0.6 is 0 Å². The highest BCUT2D eigenvalue weighted by Crippen LogP contribution is 2.16. The van der Waals surface area contributed by atoms with Gasteiger partial charge in [0.05, 0.1) is 11.5 Å². The molecule has 0 bridgehead atoms. The molecule has 4 heteroatoms. The minimum Gasteiger partial charge on any atom is -0.478 e. The van der Waals surface area contributed by atoms with Crippen molar-refractivity contribution in [3.63, 3.8) is 0 Å². The Kier molecular flexibility index (Phi) is 6.60. The lowest BCUT2D eigenvalue weighted by Gasteiger charge is -2.22. The standard InChI is InChI=1S/C15H20O4.C3H6/c1-10(14(18)19-15(2,3)4)8-11-6-5-7-12(9-11)13(16)17;1-2-3-1/h5-7,9-10H,8H2,1-4H3,(H,16,17);1-3H2. The zero-order valence-corrected chi connectivity index (χ0v) is 13.9. The van der Waals surface area contributed by atoms with E-state index in [-0.39, 0.29) is 17.5 Å². The summed E-state index contributed by atoms with van der Waals surface area (Å²) in [7, 11) is 0. The predicted molar refractivity (Wildman–Crippen MR) is 86.0 cm³/mol. The average Bonchev–Trinajstić information content (AvgIpc) is 3.25. The van der Waals surface area contributed by atoms with Gasteiger partial charge in [0.25, 0.3) is 0 Å². The molecule has 1 aliphatic rings. The minimum atomic E-state index is -0.966.